The highest BCUT2D eigenvalue weighted by atomic mass is 35.5. The molecule has 290 valence electrons. The molecule has 8 nitrogen and oxygen atoms in total. The summed E-state index contributed by atoms with van der Waals surface area (Å²) in [5, 5.41) is -1.61. The highest BCUT2D eigenvalue weighted by molar-refractivity contribution is 6.56. The molecule has 4 amide bonds. The van der Waals surface area contributed by atoms with Crippen molar-refractivity contribution in [3.05, 3.63) is 62.4 Å². The van der Waals surface area contributed by atoms with E-state index in [2.05, 4.69) is 6.92 Å². The fraction of sp³-hybridized carbons (Fsp3) is 0.541. The summed E-state index contributed by atoms with van der Waals surface area (Å²) in [5.41, 5.74) is -0.824. The first-order valence-corrected chi connectivity index (χ1v) is 20.9. The lowest BCUT2D eigenvalue weighted by Gasteiger charge is -2.25. The van der Waals surface area contributed by atoms with Gasteiger partial charge in [0.25, 0.3) is 23.6 Å². The number of carbonyl (C=O) groups is 5. The highest BCUT2D eigenvalue weighted by Crippen LogP contribution is 2.46. The van der Waals surface area contributed by atoms with E-state index in [1.165, 1.54) is 51.4 Å². The van der Waals surface area contributed by atoms with Crippen LogP contribution in [0.25, 0.3) is 0 Å². The summed E-state index contributed by atoms with van der Waals surface area (Å²) in [6, 6.07) is -1.38. The number of esters is 1. The van der Waals surface area contributed by atoms with E-state index in [1.54, 1.807) is 0 Å². The number of imide groups is 2. The molecule has 2 aromatic rings. The molecule has 53 heavy (non-hydrogen) atoms. The van der Waals surface area contributed by atoms with E-state index in [0.717, 1.165) is 35.5 Å². The second-order valence-corrected chi connectivity index (χ2v) is 16.2. The Kier molecular flexibility index (Phi) is 17.2. The third kappa shape index (κ3) is 9.91. The number of nitrogens with zero attached hydrogens (tertiary/aromatic N) is 2. The summed E-state index contributed by atoms with van der Waals surface area (Å²) >= 11 is 49.8. The second-order valence-electron chi connectivity index (χ2n) is 13.2. The summed E-state index contributed by atoms with van der Waals surface area (Å²) < 4.78 is 5.60. The minimum absolute atomic E-state index is 0.0675. The summed E-state index contributed by atoms with van der Waals surface area (Å²) in [6.45, 7) is 2.22. The predicted molar refractivity (Wildman–Crippen MR) is 213 cm³/mol. The van der Waals surface area contributed by atoms with Crippen LogP contribution in [0.2, 0.25) is 40.2 Å². The van der Waals surface area contributed by atoms with E-state index >= 15 is 0 Å². The van der Waals surface area contributed by atoms with Crippen molar-refractivity contribution in [1.82, 2.24) is 9.80 Å². The van der Waals surface area contributed by atoms with Gasteiger partial charge in [0.1, 0.15) is 6.04 Å². The van der Waals surface area contributed by atoms with E-state index in [1.807, 2.05) is 0 Å². The number of ether oxygens (including phenoxy) is 1. The molecule has 2 aromatic carbocycles. The van der Waals surface area contributed by atoms with Crippen LogP contribution in [0.4, 0.5) is 0 Å². The maximum absolute atomic E-state index is 13.7. The molecule has 16 heteroatoms. The summed E-state index contributed by atoms with van der Waals surface area (Å²) in [7, 11) is 0. The molecule has 0 saturated heterocycles. The van der Waals surface area contributed by atoms with Crippen LogP contribution in [-0.2, 0) is 9.53 Å². The molecule has 1 unspecified atom stereocenters. The van der Waals surface area contributed by atoms with Gasteiger partial charge < -0.3 is 4.74 Å². The number of benzene rings is 2. The van der Waals surface area contributed by atoms with Crippen molar-refractivity contribution in [3.63, 3.8) is 0 Å². The zero-order valence-corrected chi connectivity index (χ0v) is 35.2. The van der Waals surface area contributed by atoms with E-state index in [4.69, 9.17) is 97.5 Å². The summed E-state index contributed by atoms with van der Waals surface area (Å²) in [5.74, 6) is -3.97. The monoisotopic (exact) mass is 888 g/mol. The van der Waals surface area contributed by atoms with Crippen LogP contribution in [0.1, 0.15) is 151 Å². The molecule has 2 aliphatic rings. The van der Waals surface area contributed by atoms with Crippen LogP contribution in [0.15, 0.2) is 0 Å². The molecule has 0 N–H and O–H groups in total. The van der Waals surface area contributed by atoms with Crippen molar-refractivity contribution < 1.29 is 28.7 Å². The molecule has 0 fully saturated rings. The predicted octanol–water partition coefficient (Wildman–Crippen LogP) is 13.0. The van der Waals surface area contributed by atoms with Crippen LogP contribution in [-0.4, -0.2) is 58.6 Å². The Bertz CT molecular complexity index is 1660. The third-order valence-corrected chi connectivity index (χ3v) is 13.1. The maximum atomic E-state index is 13.7. The fourth-order valence-corrected chi connectivity index (χ4v) is 8.63. The smallest absolute Gasteiger partial charge is 0.329 e. The van der Waals surface area contributed by atoms with Crippen molar-refractivity contribution in [2.75, 3.05) is 13.2 Å². The van der Waals surface area contributed by atoms with Crippen LogP contribution in [0.5, 0.6) is 0 Å². The van der Waals surface area contributed by atoms with Gasteiger partial charge in [0.05, 0.1) is 69.0 Å². The molecule has 0 bridgehead atoms. The number of rotatable bonds is 21. The second kappa shape index (κ2) is 20.6. The Balaban J connectivity index is 1.36. The van der Waals surface area contributed by atoms with Crippen LogP contribution >= 0.6 is 92.8 Å². The Morgan fingerprint density at radius 1 is 0.491 bits per heavy atom. The van der Waals surface area contributed by atoms with Crippen molar-refractivity contribution in [2.45, 2.75) is 116 Å². The fourth-order valence-electron chi connectivity index (χ4n) is 6.60. The van der Waals surface area contributed by atoms with Crippen LogP contribution in [0, 0.1) is 0 Å². The quantitative estimate of drug-likeness (QED) is 0.0407. The minimum Gasteiger partial charge on any atom is -0.464 e. The summed E-state index contributed by atoms with van der Waals surface area (Å²) in [6.07, 6.45) is 15.3. The summed E-state index contributed by atoms with van der Waals surface area (Å²) in [4.78, 5) is 69.0. The number of carbonyl (C=O) groups excluding carboxylic acids is 5. The van der Waals surface area contributed by atoms with Gasteiger partial charge >= 0.3 is 5.97 Å². The normalized spacial score (nSPS) is 14.4. The van der Waals surface area contributed by atoms with E-state index in [-0.39, 0.29) is 94.8 Å². The first-order valence-electron chi connectivity index (χ1n) is 17.9. The van der Waals surface area contributed by atoms with Gasteiger partial charge in [-0.05, 0) is 25.7 Å². The molecule has 2 aliphatic heterocycles. The third-order valence-electron chi connectivity index (χ3n) is 9.50. The SMILES string of the molecule is CCCCCCCCCCCCCCCOC(=O)C(CCCCN1C(=O)c2c(Cl)c(Cl)c(Cl)c(Cl)c2C1=O)N1C(=O)c2c(Cl)c(Cl)c(Cl)c(Cl)c2C1=O. The van der Waals surface area contributed by atoms with Crippen molar-refractivity contribution in [1.29, 1.82) is 0 Å². The van der Waals surface area contributed by atoms with Crippen LogP contribution < -0.4 is 0 Å². The standard InChI is InChI=1S/C37H40Cl8N2O6/c1-2-3-4-5-6-7-8-9-10-11-12-13-16-19-53-37(52)20(47-35(50)23-24(36(47)51)28(41)32(45)31(44)27(23)40)17-14-15-18-46-33(48)21-22(34(46)49)26(39)30(43)29(42)25(21)38/h20H,2-19H2,1H3. The molecular weight excluding hydrogens is 852 g/mol. The number of unbranched alkanes of at least 4 members (excludes halogenated alkanes) is 13. The van der Waals surface area contributed by atoms with Crippen LogP contribution in [0.3, 0.4) is 0 Å². The van der Waals surface area contributed by atoms with E-state index in [0.29, 0.717) is 6.42 Å². The number of hydrogen-bond donors (Lipinski definition) is 0. The van der Waals surface area contributed by atoms with Gasteiger partial charge in [-0.1, -0.05) is 177 Å². The highest BCUT2D eigenvalue weighted by Gasteiger charge is 2.47. The Morgan fingerprint density at radius 3 is 1.25 bits per heavy atom. The molecule has 0 spiro atoms. The molecule has 0 radical (unpaired) electrons. The van der Waals surface area contributed by atoms with Gasteiger partial charge in [0.2, 0.25) is 0 Å². The number of fused-ring (bicyclic) bond motifs is 2. The zero-order valence-electron chi connectivity index (χ0n) is 29.2. The lowest BCUT2D eigenvalue weighted by molar-refractivity contribution is -0.148. The lowest BCUT2D eigenvalue weighted by Crippen LogP contribution is -2.46. The number of halogens is 8. The first-order chi connectivity index (χ1) is 25.3. The van der Waals surface area contributed by atoms with Gasteiger partial charge in [-0.3, -0.25) is 29.0 Å². The molecule has 0 aromatic heterocycles. The Morgan fingerprint density at radius 2 is 0.849 bits per heavy atom. The molecule has 2 heterocycles. The Hall–Kier alpha value is -1.49. The van der Waals surface area contributed by atoms with Crippen molar-refractivity contribution in [2.24, 2.45) is 0 Å². The number of amides is 4. The average molecular weight is 892 g/mol. The van der Waals surface area contributed by atoms with Crippen molar-refractivity contribution in [3.8, 4) is 0 Å². The van der Waals surface area contributed by atoms with Gasteiger partial charge in [-0.25, -0.2) is 4.79 Å². The molecular formula is C37H40Cl8N2O6. The maximum Gasteiger partial charge on any atom is 0.329 e. The first kappa shape index (κ1) is 44.2. The average Bonchev–Trinajstić information content (AvgIpc) is 3.54. The zero-order chi connectivity index (χ0) is 39.0. The molecule has 0 aliphatic carbocycles. The molecule has 0 saturated carbocycles. The van der Waals surface area contributed by atoms with E-state index < -0.39 is 35.6 Å². The minimum atomic E-state index is -1.38. The largest absolute Gasteiger partial charge is 0.464 e. The Labute approximate surface area is 349 Å². The van der Waals surface area contributed by atoms with Gasteiger partial charge in [-0.2, -0.15) is 0 Å². The van der Waals surface area contributed by atoms with E-state index in [9.17, 15) is 24.0 Å². The topological polar surface area (TPSA) is 101 Å². The number of hydrogen-bond acceptors (Lipinski definition) is 6. The molecule has 1 atom stereocenters. The van der Waals surface area contributed by atoms with Gasteiger partial charge in [0.15, 0.2) is 0 Å². The lowest BCUT2D eigenvalue weighted by atomic mass is 10.0. The van der Waals surface area contributed by atoms with Gasteiger partial charge in [-0.15, -0.1) is 0 Å². The molecule has 4 rings (SSSR count). The van der Waals surface area contributed by atoms with Crippen molar-refractivity contribution >= 4 is 122 Å². The van der Waals surface area contributed by atoms with Gasteiger partial charge in [0, 0.05) is 6.54 Å².